The lowest BCUT2D eigenvalue weighted by Gasteiger charge is -2.37. The van der Waals surface area contributed by atoms with Gasteiger partial charge in [-0.1, -0.05) is 38.5 Å². The van der Waals surface area contributed by atoms with Gasteiger partial charge in [0.05, 0.1) is 0 Å². The predicted octanol–water partition coefficient (Wildman–Crippen LogP) is 4.91. The minimum absolute atomic E-state index is 0.00106. The zero-order valence-electron chi connectivity index (χ0n) is 13.0. The number of para-hydroxylation sites is 1. The average molecular weight is 297 g/mol. The molecule has 1 N–H and O–H groups in total. The summed E-state index contributed by atoms with van der Waals surface area (Å²) in [6.07, 6.45) is 4.73. The fraction of sp³-hybridized carbons (Fsp3) is 0.647. The molecule has 1 aliphatic rings. The van der Waals surface area contributed by atoms with Gasteiger partial charge in [-0.25, -0.2) is 0 Å². The van der Waals surface area contributed by atoms with Crippen molar-refractivity contribution in [2.45, 2.75) is 65.1 Å². The van der Waals surface area contributed by atoms with Gasteiger partial charge in [-0.05, 0) is 37.7 Å². The van der Waals surface area contributed by atoms with E-state index < -0.39 is 6.61 Å². The van der Waals surface area contributed by atoms with Crippen molar-refractivity contribution < 1.29 is 13.5 Å². The zero-order valence-corrected chi connectivity index (χ0v) is 13.0. The number of halogens is 2. The van der Waals surface area contributed by atoms with Gasteiger partial charge < -0.3 is 10.1 Å². The minimum atomic E-state index is -2.79. The molecule has 1 saturated carbocycles. The molecule has 1 aliphatic carbocycles. The molecular formula is C17H25F2NO. The first-order chi connectivity index (χ1) is 9.87. The van der Waals surface area contributed by atoms with E-state index in [2.05, 4.69) is 23.9 Å². The van der Waals surface area contributed by atoms with Crippen LogP contribution in [0.2, 0.25) is 0 Å². The summed E-state index contributed by atoms with van der Waals surface area (Å²) < 4.78 is 29.6. The van der Waals surface area contributed by atoms with Crippen molar-refractivity contribution in [1.29, 1.82) is 0 Å². The van der Waals surface area contributed by atoms with Gasteiger partial charge in [-0.2, -0.15) is 8.78 Å². The number of hydrogen-bond donors (Lipinski definition) is 1. The molecule has 2 unspecified atom stereocenters. The third-order valence-corrected chi connectivity index (χ3v) is 4.29. The van der Waals surface area contributed by atoms with Crippen LogP contribution in [0.25, 0.3) is 0 Å². The van der Waals surface area contributed by atoms with Gasteiger partial charge >= 0.3 is 6.61 Å². The molecule has 2 atom stereocenters. The number of hydrogen-bond acceptors (Lipinski definition) is 2. The summed E-state index contributed by atoms with van der Waals surface area (Å²) in [6.45, 7) is 3.81. The summed E-state index contributed by atoms with van der Waals surface area (Å²) in [5, 5.41) is 3.58. The molecule has 0 heterocycles. The van der Waals surface area contributed by atoms with Gasteiger partial charge in [0, 0.05) is 17.6 Å². The van der Waals surface area contributed by atoms with Crippen molar-refractivity contribution >= 4 is 0 Å². The van der Waals surface area contributed by atoms with Crippen LogP contribution in [0.1, 0.15) is 58.1 Å². The molecule has 4 heteroatoms. The van der Waals surface area contributed by atoms with E-state index in [4.69, 9.17) is 0 Å². The highest BCUT2D eigenvalue weighted by Gasteiger charge is 2.29. The molecule has 118 valence electrons. The lowest BCUT2D eigenvalue weighted by molar-refractivity contribution is -0.0507. The normalized spacial score (nSPS) is 23.0. The van der Waals surface area contributed by atoms with E-state index in [1.165, 1.54) is 12.8 Å². The second-order valence-corrected chi connectivity index (χ2v) is 6.76. The van der Waals surface area contributed by atoms with E-state index in [-0.39, 0.29) is 11.8 Å². The Morgan fingerprint density at radius 2 is 2.00 bits per heavy atom. The second-order valence-electron chi connectivity index (χ2n) is 6.76. The Hall–Kier alpha value is -1.16. The van der Waals surface area contributed by atoms with Crippen molar-refractivity contribution in [1.82, 2.24) is 5.32 Å². The van der Waals surface area contributed by atoms with Gasteiger partial charge in [-0.3, -0.25) is 0 Å². The van der Waals surface area contributed by atoms with Gasteiger partial charge in [-0.15, -0.1) is 0 Å². The highest BCUT2D eigenvalue weighted by molar-refractivity contribution is 5.35. The third-order valence-electron chi connectivity index (χ3n) is 4.29. The van der Waals surface area contributed by atoms with Crippen LogP contribution in [0.3, 0.4) is 0 Å². The number of rotatable bonds is 5. The first-order valence-electron chi connectivity index (χ1n) is 7.67. The molecule has 2 nitrogen and oxygen atoms in total. The van der Waals surface area contributed by atoms with E-state index in [1.54, 1.807) is 12.1 Å². The Morgan fingerprint density at radius 3 is 2.67 bits per heavy atom. The fourth-order valence-corrected chi connectivity index (χ4v) is 3.33. The van der Waals surface area contributed by atoms with Crippen molar-refractivity contribution in [2.75, 3.05) is 0 Å². The molecule has 1 fully saturated rings. The average Bonchev–Trinajstić information content (AvgIpc) is 2.37. The molecule has 0 bridgehead atoms. The highest BCUT2D eigenvalue weighted by atomic mass is 19.3. The van der Waals surface area contributed by atoms with Crippen LogP contribution in [0, 0.1) is 5.41 Å². The van der Waals surface area contributed by atoms with Crippen LogP contribution < -0.4 is 10.1 Å². The molecule has 2 rings (SSSR count). The van der Waals surface area contributed by atoms with E-state index in [0.717, 1.165) is 18.4 Å². The highest BCUT2D eigenvalue weighted by Crippen LogP contribution is 2.36. The number of alkyl halides is 2. The standard InChI is InChI=1S/C17H25F2NO/c1-12(20-13-7-6-10-17(2,3)11-13)14-8-4-5-9-15(14)21-16(18)19/h4-5,8-9,12-13,16,20H,6-7,10-11H2,1-3H3. The second kappa shape index (κ2) is 6.73. The van der Waals surface area contributed by atoms with Crippen molar-refractivity contribution in [3.63, 3.8) is 0 Å². The van der Waals surface area contributed by atoms with Crippen LogP contribution in [0.5, 0.6) is 5.75 Å². The molecule has 1 aromatic rings. The zero-order chi connectivity index (χ0) is 15.5. The monoisotopic (exact) mass is 297 g/mol. The summed E-state index contributed by atoms with van der Waals surface area (Å²) in [5.74, 6) is 0.266. The van der Waals surface area contributed by atoms with Crippen molar-refractivity contribution in [3.8, 4) is 5.75 Å². The van der Waals surface area contributed by atoms with E-state index in [1.807, 2.05) is 19.1 Å². The van der Waals surface area contributed by atoms with Gasteiger partial charge in [0.1, 0.15) is 5.75 Å². The van der Waals surface area contributed by atoms with E-state index in [0.29, 0.717) is 11.5 Å². The molecule has 0 saturated heterocycles. The maximum Gasteiger partial charge on any atom is 0.387 e. The Kier molecular flexibility index (Phi) is 5.20. The smallest absolute Gasteiger partial charge is 0.387 e. The molecule has 0 spiro atoms. The van der Waals surface area contributed by atoms with Crippen LogP contribution >= 0.6 is 0 Å². The molecule has 0 radical (unpaired) electrons. The van der Waals surface area contributed by atoms with E-state index in [9.17, 15) is 8.78 Å². The summed E-state index contributed by atoms with van der Waals surface area (Å²) in [5.41, 5.74) is 1.15. The first-order valence-corrected chi connectivity index (χ1v) is 7.67. The maximum absolute atomic E-state index is 12.5. The molecule has 0 aromatic heterocycles. The lowest BCUT2D eigenvalue weighted by Crippen LogP contribution is -2.38. The summed E-state index contributed by atoms with van der Waals surface area (Å²) in [7, 11) is 0. The third kappa shape index (κ3) is 4.67. The lowest BCUT2D eigenvalue weighted by atomic mass is 9.75. The molecular weight excluding hydrogens is 272 g/mol. The minimum Gasteiger partial charge on any atom is -0.434 e. The predicted molar refractivity (Wildman–Crippen MR) is 80.7 cm³/mol. The molecule has 0 aliphatic heterocycles. The number of benzene rings is 1. The Balaban J connectivity index is 2.04. The largest absolute Gasteiger partial charge is 0.434 e. The number of nitrogens with one attached hydrogen (secondary N) is 1. The molecule has 21 heavy (non-hydrogen) atoms. The van der Waals surface area contributed by atoms with Crippen LogP contribution in [-0.2, 0) is 0 Å². The Labute approximate surface area is 125 Å². The van der Waals surface area contributed by atoms with Crippen LogP contribution in [-0.4, -0.2) is 12.7 Å². The van der Waals surface area contributed by atoms with Crippen molar-refractivity contribution in [3.05, 3.63) is 29.8 Å². The summed E-state index contributed by atoms with van der Waals surface area (Å²) in [4.78, 5) is 0. The van der Waals surface area contributed by atoms with Gasteiger partial charge in [0.15, 0.2) is 0 Å². The van der Waals surface area contributed by atoms with Crippen molar-refractivity contribution in [2.24, 2.45) is 5.41 Å². The Morgan fingerprint density at radius 1 is 1.29 bits per heavy atom. The summed E-state index contributed by atoms with van der Waals surface area (Å²) in [6, 6.07) is 7.46. The van der Waals surface area contributed by atoms with Gasteiger partial charge in [0.25, 0.3) is 0 Å². The number of ether oxygens (including phenoxy) is 1. The topological polar surface area (TPSA) is 21.3 Å². The first kappa shape index (κ1) is 16.2. The molecule has 1 aromatic carbocycles. The fourth-order valence-electron chi connectivity index (χ4n) is 3.33. The maximum atomic E-state index is 12.5. The van der Waals surface area contributed by atoms with E-state index >= 15 is 0 Å². The summed E-state index contributed by atoms with van der Waals surface area (Å²) >= 11 is 0. The SMILES string of the molecule is CC(NC1CCCC(C)(C)C1)c1ccccc1OC(F)F. The van der Waals surface area contributed by atoms with Crippen LogP contribution in [0.4, 0.5) is 8.78 Å². The molecule has 0 amide bonds. The van der Waals surface area contributed by atoms with Gasteiger partial charge in [0.2, 0.25) is 0 Å². The van der Waals surface area contributed by atoms with Crippen LogP contribution in [0.15, 0.2) is 24.3 Å². The quantitative estimate of drug-likeness (QED) is 0.834. The Bertz CT molecular complexity index is 462.